The summed E-state index contributed by atoms with van der Waals surface area (Å²) in [4.78, 5) is 0. The van der Waals surface area contributed by atoms with Crippen LogP contribution in [0.1, 0.15) is 45.2 Å². The molecule has 1 saturated heterocycles. The molecule has 17 heavy (non-hydrogen) atoms. The molecule has 1 aromatic rings. The van der Waals surface area contributed by atoms with Gasteiger partial charge in [0, 0.05) is 25.2 Å². The molecular weight excluding hydrogens is 210 g/mol. The standard InChI is InChI=1S/C14H25N3/c1-12(2)14(8-5-4-6-9-15-14)11-13-7-10-17(3)16-13/h7,10,12,15H,4-6,8-9,11H2,1-3H3. The molecule has 0 bridgehead atoms. The summed E-state index contributed by atoms with van der Waals surface area (Å²) in [6, 6.07) is 2.15. The van der Waals surface area contributed by atoms with E-state index in [1.54, 1.807) is 0 Å². The maximum Gasteiger partial charge on any atom is 0.0642 e. The minimum absolute atomic E-state index is 0.255. The molecule has 0 spiro atoms. The molecule has 0 radical (unpaired) electrons. The van der Waals surface area contributed by atoms with Crippen LogP contribution in [0.25, 0.3) is 0 Å². The van der Waals surface area contributed by atoms with E-state index in [4.69, 9.17) is 0 Å². The lowest BCUT2D eigenvalue weighted by atomic mass is 9.79. The van der Waals surface area contributed by atoms with E-state index in [-0.39, 0.29) is 5.54 Å². The normalized spacial score (nSPS) is 26.1. The zero-order chi connectivity index (χ0) is 12.3. The summed E-state index contributed by atoms with van der Waals surface area (Å²) in [7, 11) is 1.99. The van der Waals surface area contributed by atoms with Crippen molar-refractivity contribution in [2.24, 2.45) is 13.0 Å². The van der Waals surface area contributed by atoms with Crippen molar-refractivity contribution in [3.8, 4) is 0 Å². The van der Waals surface area contributed by atoms with Gasteiger partial charge in [-0.25, -0.2) is 0 Å². The Kier molecular flexibility index (Phi) is 3.87. The SMILES string of the molecule is CC(C)C1(Cc2ccn(C)n2)CCCCCN1. The molecule has 1 N–H and O–H groups in total. The predicted octanol–water partition coefficient (Wildman–Crippen LogP) is 2.52. The van der Waals surface area contributed by atoms with Gasteiger partial charge in [-0.3, -0.25) is 4.68 Å². The smallest absolute Gasteiger partial charge is 0.0642 e. The highest BCUT2D eigenvalue weighted by molar-refractivity contribution is 5.08. The number of aromatic nitrogens is 2. The highest BCUT2D eigenvalue weighted by atomic mass is 15.2. The molecule has 1 aromatic heterocycles. The maximum atomic E-state index is 4.54. The Labute approximate surface area is 105 Å². The molecule has 96 valence electrons. The van der Waals surface area contributed by atoms with Crippen LogP contribution in [0.4, 0.5) is 0 Å². The second-order valence-corrected chi connectivity index (χ2v) is 5.71. The van der Waals surface area contributed by atoms with Crippen LogP contribution in [-0.2, 0) is 13.5 Å². The fraction of sp³-hybridized carbons (Fsp3) is 0.786. The van der Waals surface area contributed by atoms with Crippen molar-refractivity contribution < 1.29 is 0 Å². The van der Waals surface area contributed by atoms with E-state index in [9.17, 15) is 0 Å². The third-order valence-electron chi connectivity index (χ3n) is 4.15. The lowest BCUT2D eigenvalue weighted by molar-refractivity contribution is 0.223. The van der Waals surface area contributed by atoms with E-state index < -0.39 is 0 Å². The van der Waals surface area contributed by atoms with Gasteiger partial charge in [-0.15, -0.1) is 0 Å². The first-order chi connectivity index (χ1) is 8.12. The summed E-state index contributed by atoms with van der Waals surface area (Å²) in [6.45, 7) is 5.83. The molecule has 3 nitrogen and oxygen atoms in total. The molecule has 0 saturated carbocycles. The molecule has 2 heterocycles. The lowest BCUT2D eigenvalue weighted by Crippen LogP contribution is -2.51. The lowest BCUT2D eigenvalue weighted by Gasteiger charge is -2.37. The zero-order valence-corrected chi connectivity index (χ0v) is 11.4. The number of aryl methyl sites for hydroxylation is 1. The highest BCUT2D eigenvalue weighted by Gasteiger charge is 2.34. The largest absolute Gasteiger partial charge is 0.311 e. The number of nitrogens with zero attached hydrogens (tertiary/aromatic N) is 2. The Morgan fingerprint density at radius 1 is 1.41 bits per heavy atom. The van der Waals surface area contributed by atoms with Crippen LogP contribution in [0.5, 0.6) is 0 Å². The first-order valence-corrected chi connectivity index (χ1v) is 6.86. The first kappa shape index (κ1) is 12.6. The number of hydrogen-bond donors (Lipinski definition) is 1. The molecule has 1 unspecified atom stereocenters. The van der Waals surface area contributed by atoms with Crippen molar-refractivity contribution in [2.75, 3.05) is 6.54 Å². The van der Waals surface area contributed by atoms with E-state index in [1.807, 2.05) is 17.9 Å². The minimum Gasteiger partial charge on any atom is -0.311 e. The Morgan fingerprint density at radius 2 is 2.24 bits per heavy atom. The Hall–Kier alpha value is -0.830. The first-order valence-electron chi connectivity index (χ1n) is 6.86. The Balaban J connectivity index is 2.15. The monoisotopic (exact) mass is 235 g/mol. The molecule has 1 aliphatic heterocycles. The molecule has 1 atom stereocenters. The minimum atomic E-state index is 0.255. The topological polar surface area (TPSA) is 29.9 Å². The van der Waals surface area contributed by atoms with Gasteiger partial charge in [-0.05, 0) is 31.4 Å². The predicted molar refractivity (Wildman–Crippen MR) is 71.0 cm³/mol. The van der Waals surface area contributed by atoms with Gasteiger partial charge in [-0.1, -0.05) is 26.7 Å². The third kappa shape index (κ3) is 2.89. The van der Waals surface area contributed by atoms with Crippen molar-refractivity contribution >= 4 is 0 Å². The van der Waals surface area contributed by atoms with Crippen LogP contribution in [0, 0.1) is 5.92 Å². The zero-order valence-electron chi connectivity index (χ0n) is 11.4. The van der Waals surface area contributed by atoms with Gasteiger partial charge in [0.2, 0.25) is 0 Å². The summed E-state index contributed by atoms with van der Waals surface area (Å²) in [5.41, 5.74) is 1.47. The second-order valence-electron chi connectivity index (χ2n) is 5.71. The van der Waals surface area contributed by atoms with Crippen molar-refractivity contribution in [3.63, 3.8) is 0 Å². The molecule has 1 fully saturated rings. The average molecular weight is 235 g/mol. The Morgan fingerprint density at radius 3 is 2.88 bits per heavy atom. The van der Waals surface area contributed by atoms with Gasteiger partial charge in [-0.2, -0.15) is 5.10 Å². The van der Waals surface area contributed by atoms with Gasteiger partial charge >= 0.3 is 0 Å². The van der Waals surface area contributed by atoms with Crippen molar-refractivity contribution in [3.05, 3.63) is 18.0 Å². The summed E-state index contributed by atoms with van der Waals surface area (Å²) in [6.07, 6.45) is 8.41. The molecule has 2 rings (SSSR count). The van der Waals surface area contributed by atoms with Gasteiger partial charge in [0.05, 0.1) is 5.69 Å². The number of rotatable bonds is 3. The summed E-state index contributed by atoms with van der Waals surface area (Å²) in [5, 5.41) is 8.34. The van der Waals surface area contributed by atoms with Gasteiger partial charge < -0.3 is 5.32 Å². The fourth-order valence-corrected chi connectivity index (χ4v) is 2.90. The summed E-state index contributed by atoms with van der Waals surface area (Å²) < 4.78 is 1.90. The van der Waals surface area contributed by atoms with Gasteiger partial charge in [0.25, 0.3) is 0 Å². The summed E-state index contributed by atoms with van der Waals surface area (Å²) >= 11 is 0. The van der Waals surface area contributed by atoms with Crippen molar-refractivity contribution in [1.29, 1.82) is 0 Å². The van der Waals surface area contributed by atoms with E-state index >= 15 is 0 Å². The van der Waals surface area contributed by atoms with Crippen LogP contribution in [0.2, 0.25) is 0 Å². The third-order valence-corrected chi connectivity index (χ3v) is 4.15. The molecule has 0 aliphatic carbocycles. The van der Waals surface area contributed by atoms with Crippen LogP contribution >= 0.6 is 0 Å². The van der Waals surface area contributed by atoms with Crippen LogP contribution in [0.15, 0.2) is 12.3 Å². The Bertz CT molecular complexity index is 346. The second kappa shape index (κ2) is 5.21. The number of hydrogen-bond acceptors (Lipinski definition) is 2. The van der Waals surface area contributed by atoms with Crippen LogP contribution in [0.3, 0.4) is 0 Å². The number of nitrogens with one attached hydrogen (secondary N) is 1. The maximum absolute atomic E-state index is 4.54. The molecule has 3 heteroatoms. The highest BCUT2D eigenvalue weighted by Crippen LogP contribution is 2.30. The van der Waals surface area contributed by atoms with E-state index in [0.717, 1.165) is 13.0 Å². The van der Waals surface area contributed by atoms with Crippen LogP contribution in [-0.4, -0.2) is 21.9 Å². The van der Waals surface area contributed by atoms with E-state index in [1.165, 1.54) is 31.4 Å². The van der Waals surface area contributed by atoms with E-state index in [0.29, 0.717) is 5.92 Å². The fourth-order valence-electron chi connectivity index (χ4n) is 2.90. The molecular formula is C14H25N3. The molecule has 1 aliphatic rings. The molecule has 0 aromatic carbocycles. The summed E-state index contributed by atoms with van der Waals surface area (Å²) in [5.74, 6) is 0.655. The molecule has 0 amide bonds. The van der Waals surface area contributed by atoms with Crippen molar-refractivity contribution in [2.45, 2.75) is 51.5 Å². The van der Waals surface area contributed by atoms with Crippen LogP contribution < -0.4 is 5.32 Å². The van der Waals surface area contributed by atoms with Gasteiger partial charge in [0.1, 0.15) is 0 Å². The van der Waals surface area contributed by atoms with Crippen molar-refractivity contribution in [1.82, 2.24) is 15.1 Å². The average Bonchev–Trinajstić information content (AvgIpc) is 2.54. The van der Waals surface area contributed by atoms with E-state index in [2.05, 4.69) is 30.3 Å². The van der Waals surface area contributed by atoms with Gasteiger partial charge in [0.15, 0.2) is 0 Å². The quantitative estimate of drug-likeness (QED) is 0.872.